The van der Waals surface area contributed by atoms with E-state index in [1.165, 1.54) is 6.07 Å². The number of nitrogens with one attached hydrogen (secondary N) is 1. The van der Waals surface area contributed by atoms with E-state index in [9.17, 15) is 9.18 Å². The molecule has 0 aliphatic carbocycles. The molecule has 2 rings (SSSR count). The molecule has 0 saturated carbocycles. The van der Waals surface area contributed by atoms with Crippen molar-refractivity contribution in [1.82, 2.24) is 10.2 Å². The molecule has 1 heterocycles. The largest absolute Gasteiger partial charge is 0.339 e. The van der Waals surface area contributed by atoms with E-state index in [-0.39, 0.29) is 23.9 Å². The minimum Gasteiger partial charge on any atom is -0.339 e. The van der Waals surface area contributed by atoms with E-state index >= 15 is 0 Å². The Morgan fingerprint density at radius 2 is 2.10 bits per heavy atom. The van der Waals surface area contributed by atoms with Gasteiger partial charge in [0.1, 0.15) is 5.82 Å². The quantitative estimate of drug-likeness (QED) is 0.869. The molecule has 3 nitrogen and oxygen atoms in total. The molecule has 0 unspecified atom stereocenters. The Balaban J connectivity index is 0.00000220. The van der Waals surface area contributed by atoms with Crippen LogP contribution in [0.15, 0.2) is 22.7 Å². The fraction of sp³-hybridized carbons (Fsp3) is 0.533. The van der Waals surface area contributed by atoms with Crippen LogP contribution in [0.1, 0.15) is 30.1 Å². The summed E-state index contributed by atoms with van der Waals surface area (Å²) in [5, 5.41) is 3.34. The average Bonchev–Trinajstić information content (AvgIpc) is 2.45. The van der Waals surface area contributed by atoms with E-state index in [4.69, 9.17) is 0 Å². The molecule has 0 radical (unpaired) electrons. The maximum absolute atomic E-state index is 13.8. The molecule has 0 aromatic heterocycles. The number of carbonyl (C=O) groups excluding carboxylic acids is 1. The van der Waals surface area contributed by atoms with Crippen LogP contribution >= 0.6 is 28.3 Å². The van der Waals surface area contributed by atoms with Crippen LogP contribution in [0.3, 0.4) is 0 Å². The molecule has 0 bridgehead atoms. The van der Waals surface area contributed by atoms with Crippen LogP contribution in [0.2, 0.25) is 0 Å². The van der Waals surface area contributed by atoms with Gasteiger partial charge in [0.05, 0.1) is 5.56 Å². The van der Waals surface area contributed by atoms with E-state index in [2.05, 4.69) is 28.2 Å². The topological polar surface area (TPSA) is 32.3 Å². The summed E-state index contributed by atoms with van der Waals surface area (Å²) in [4.78, 5) is 14.1. The van der Waals surface area contributed by atoms with Crippen molar-refractivity contribution in [2.24, 2.45) is 5.92 Å². The Kier molecular flexibility index (Phi) is 7.63. The number of piperidine rings is 1. The van der Waals surface area contributed by atoms with Crippen molar-refractivity contribution in [2.45, 2.75) is 19.8 Å². The van der Waals surface area contributed by atoms with Gasteiger partial charge >= 0.3 is 0 Å². The van der Waals surface area contributed by atoms with Crippen LogP contribution in [-0.2, 0) is 0 Å². The lowest BCUT2D eigenvalue weighted by Gasteiger charge is -2.32. The number of benzene rings is 1. The van der Waals surface area contributed by atoms with Crippen LogP contribution < -0.4 is 5.32 Å². The summed E-state index contributed by atoms with van der Waals surface area (Å²) in [7, 11) is 0. The van der Waals surface area contributed by atoms with Crippen LogP contribution in [0, 0.1) is 11.7 Å². The fourth-order valence-electron chi connectivity index (χ4n) is 2.52. The first kappa shape index (κ1) is 18.4. The van der Waals surface area contributed by atoms with Crippen LogP contribution in [-0.4, -0.2) is 37.0 Å². The van der Waals surface area contributed by atoms with Crippen molar-refractivity contribution < 1.29 is 9.18 Å². The first-order valence-corrected chi connectivity index (χ1v) is 7.86. The van der Waals surface area contributed by atoms with Crippen molar-refractivity contribution >= 4 is 34.2 Å². The molecule has 1 saturated heterocycles. The first-order valence-electron chi connectivity index (χ1n) is 7.07. The number of amides is 1. The molecule has 1 aromatic rings. The van der Waals surface area contributed by atoms with Crippen molar-refractivity contribution in [3.8, 4) is 0 Å². The monoisotopic (exact) mass is 378 g/mol. The minimum absolute atomic E-state index is 0. The zero-order valence-electron chi connectivity index (χ0n) is 12.1. The number of hydrogen-bond donors (Lipinski definition) is 1. The molecule has 118 valence electrons. The molecule has 21 heavy (non-hydrogen) atoms. The number of rotatable bonds is 4. The fourth-order valence-corrected chi connectivity index (χ4v) is 2.86. The van der Waals surface area contributed by atoms with Gasteiger partial charge in [-0.3, -0.25) is 4.79 Å². The normalized spacial score (nSPS) is 15.7. The lowest BCUT2D eigenvalue weighted by molar-refractivity contribution is 0.0685. The van der Waals surface area contributed by atoms with Gasteiger partial charge in [-0.05, 0) is 50.0 Å². The van der Waals surface area contributed by atoms with Crippen molar-refractivity contribution in [2.75, 3.05) is 26.2 Å². The molecule has 1 aliphatic rings. The molecule has 6 heteroatoms. The molecule has 0 spiro atoms. The molecule has 1 fully saturated rings. The second kappa shape index (κ2) is 8.71. The number of halogens is 3. The van der Waals surface area contributed by atoms with Gasteiger partial charge in [0.2, 0.25) is 0 Å². The number of carbonyl (C=O) groups is 1. The van der Waals surface area contributed by atoms with Crippen molar-refractivity contribution in [3.63, 3.8) is 0 Å². The van der Waals surface area contributed by atoms with E-state index in [1.807, 2.05) is 0 Å². The smallest absolute Gasteiger partial charge is 0.256 e. The van der Waals surface area contributed by atoms with Gasteiger partial charge in [0, 0.05) is 17.6 Å². The molecule has 1 aliphatic heterocycles. The van der Waals surface area contributed by atoms with Crippen LogP contribution in [0.4, 0.5) is 4.39 Å². The summed E-state index contributed by atoms with van der Waals surface area (Å²) in [5.74, 6) is -0.0372. The second-order valence-electron chi connectivity index (χ2n) is 5.17. The maximum Gasteiger partial charge on any atom is 0.256 e. The van der Waals surface area contributed by atoms with E-state index in [1.54, 1.807) is 17.0 Å². The summed E-state index contributed by atoms with van der Waals surface area (Å²) in [5.41, 5.74) is 0.165. The highest BCUT2D eigenvalue weighted by atomic mass is 79.9. The average molecular weight is 380 g/mol. The van der Waals surface area contributed by atoms with Gasteiger partial charge in [-0.25, -0.2) is 4.39 Å². The third kappa shape index (κ3) is 4.94. The van der Waals surface area contributed by atoms with Gasteiger partial charge in [-0.1, -0.05) is 22.9 Å². The Morgan fingerprint density at radius 3 is 2.67 bits per heavy atom. The Morgan fingerprint density at radius 1 is 1.43 bits per heavy atom. The lowest BCUT2D eigenvalue weighted by Crippen LogP contribution is -2.41. The Hall–Kier alpha value is -0.650. The van der Waals surface area contributed by atoms with Crippen molar-refractivity contribution in [3.05, 3.63) is 34.1 Å². The zero-order chi connectivity index (χ0) is 14.5. The van der Waals surface area contributed by atoms with Gasteiger partial charge < -0.3 is 10.2 Å². The highest BCUT2D eigenvalue weighted by molar-refractivity contribution is 9.10. The molecule has 1 N–H and O–H groups in total. The highest BCUT2D eigenvalue weighted by Gasteiger charge is 2.24. The SMILES string of the molecule is CCNCC1CCN(C(=O)c2ccc(Br)cc2F)CC1.Cl. The number of hydrogen-bond acceptors (Lipinski definition) is 2. The highest BCUT2D eigenvalue weighted by Crippen LogP contribution is 2.21. The number of nitrogens with zero attached hydrogens (tertiary/aromatic N) is 1. The summed E-state index contributed by atoms with van der Waals surface area (Å²) < 4.78 is 14.5. The molecular weight excluding hydrogens is 359 g/mol. The zero-order valence-corrected chi connectivity index (χ0v) is 14.5. The van der Waals surface area contributed by atoms with Crippen LogP contribution in [0.25, 0.3) is 0 Å². The molecular formula is C15H21BrClFN2O. The molecule has 0 atom stereocenters. The van der Waals surface area contributed by atoms with Crippen LogP contribution in [0.5, 0.6) is 0 Å². The van der Waals surface area contributed by atoms with E-state index in [0.29, 0.717) is 23.5 Å². The van der Waals surface area contributed by atoms with Gasteiger partial charge in [-0.15, -0.1) is 12.4 Å². The maximum atomic E-state index is 13.8. The summed E-state index contributed by atoms with van der Waals surface area (Å²) in [6, 6.07) is 4.59. The first-order chi connectivity index (χ1) is 9.61. The minimum atomic E-state index is -0.459. The summed E-state index contributed by atoms with van der Waals surface area (Å²) in [6.45, 7) is 5.50. The van der Waals surface area contributed by atoms with Gasteiger partial charge in [0.25, 0.3) is 5.91 Å². The Labute approximate surface area is 139 Å². The predicted molar refractivity (Wildman–Crippen MR) is 88.5 cm³/mol. The third-order valence-corrected chi connectivity index (χ3v) is 4.24. The summed E-state index contributed by atoms with van der Waals surface area (Å²) in [6.07, 6.45) is 1.97. The second-order valence-corrected chi connectivity index (χ2v) is 6.08. The summed E-state index contributed by atoms with van der Waals surface area (Å²) >= 11 is 3.20. The standard InChI is InChI=1S/C15H20BrFN2O.ClH/c1-2-18-10-11-5-7-19(8-6-11)15(20)13-4-3-12(16)9-14(13)17;/h3-4,9,11,18H,2,5-8,10H2,1H3;1H. The Bertz CT molecular complexity index is 479. The third-order valence-electron chi connectivity index (χ3n) is 3.75. The van der Waals surface area contributed by atoms with E-state index in [0.717, 1.165) is 25.9 Å². The molecule has 1 aromatic carbocycles. The van der Waals surface area contributed by atoms with Crippen molar-refractivity contribution in [1.29, 1.82) is 0 Å². The van der Waals surface area contributed by atoms with E-state index < -0.39 is 5.82 Å². The molecule has 1 amide bonds. The van der Waals surface area contributed by atoms with Gasteiger partial charge in [0.15, 0.2) is 0 Å². The predicted octanol–water partition coefficient (Wildman–Crippen LogP) is 3.47. The number of likely N-dealkylation sites (tertiary alicyclic amines) is 1. The lowest BCUT2D eigenvalue weighted by atomic mass is 9.96. The van der Waals surface area contributed by atoms with Gasteiger partial charge in [-0.2, -0.15) is 0 Å².